The second kappa shape index (κ2) is 4.13. The van der Waals surface area contributed by atoms with Gasteiger partial charge < -0.3 is 9.47 Å². The minimum atomic E-state index is -0.333. The molecule has 0 saturated carbocycles. The molecule has 1 fully saturated rings. The van der Waals surface area contributed by atoms with Crippen LogP contribution in [-0.4, -0.2) is 24.3 Å². The summed E-state index contributed by atoms with van der Waals surface area (Å²) in [6.07, 6.45) is 1.65. The number of hydrogen-bond donors (Lipinski definition) is 0. The molecule has 2 unspecified atom stereocenters. The van der Waals surface area contributed by atoms with Gasteiger partial charge in [0, 0.05) is 12.0 Å². The van der Waals surface area contributed by atoms with E-state index in [2.05, 4.69) is 6.58 Å². The van der Waals surface area contributed by atoms with Crippen molar-refractivity contribution in [1.29, 1.82) is 0 Å². The number of carbonyl (C=O) groups is 1. The molecule has 0 spiro atoms. The molecule has 0 aromatic heterocycles. The minimum Gasteiger partial charge on any atom is -0.456 e. The lowest BCUT2D eigenvalue weighted by Gasteiger charge is -2.44. The Morgan fingerprint density at radius 3 is 2.57 bits per heavy atom. The second-order valence-corrected chi connectivity index (χ2v) is 3.84. The third-order valence-electron chi connectivity index (χ3n) is 2.89. The molecule has 1 aliphatic rings. The highest BCUT2D eigenvalue weighted by molar-refractivity contribution is 5.87. The standard InChI is InChI=1S/C11H18O3/c1-5-11(6-7-13-11)9(4)14-10(12)8(2)3/h9H,2,5-7H2,1,3-4H3. The Labute approximate surface area is 85.1 Å². The van der Waals surface area contributed by atoms with E-state index >= 15 is 0 Å². The first-order valence-electron chi connectivity index (χ1n) is 5.02. The van der Waals surface area contributed by atoms with Crippen LogP contribution in [0.25, 0.3) is 0 Å². The van der Waals surface area contributed by atoms with E-state index in [1.54, 1.807) is 6.92 Å². The molecule has 80 valence electrons. The Bertz CT molecular complexity index is 235. The second-order valence-electron chi connectivity index (χ2n) is 3.84. The third-order valence-corrected chi connectivity index (χ3v) is 2.89. The summed E-state index contributed by atoms with van der Waals surface area (Å²) in [5.74, 6) is -0.333. The van der Waals surface area contributed by atoms with E-state index in [-0.39, 0.29) is 17.7 Å². The number of carbonyl (C=O) groups excluding carboxylic acids is 1. The van der Waals surface area contributed by atoms with Gasteiger partial charge in [-0.1, -0.05) is 13.5 Å². The fourth-order valence-electron chi connectivity index (χ4n) is 1.62. The van der Waals surface area contributed by atoms with Crippen molar-refractivity contribution in [3.8, 4) is 0 Å². The predicted molar refractivity (Wildman–Crippen MR) is 54.0 cm³/mol. The number of rotatable bonds is 4. The molecule has 1 rings (SSSR count). The van der Waals surface area contributed by atoms with Crippen molar-refractivity contribution in [3.63, 3.8) is 0 Å². The highest BCUT2D eigenvalue weighted by Gasteiger charge is 2.44. The van der Waals surface area contributed by atoms with Crippen LogP contribution in [0.5, 0.6) is 0 Å². The van der Waals surface area contributed by atoms with Gasteiger partial charge in [0.15, 0.2) is 0 Å². The molecule has 0 bridgehead atoms. The Morgan fingerprint density at radius 1 is 1.71 bits per heavy atom. The van der Waals surface area contributed by atoms with Crippen molar-refractivity contribution < 1.29 is 14.3 Å². The summed E-state index contributed by atoms with van der Waals surface area (Å²) in [4.78, 5) is 11.3. The van der Waals surface area contributed by atoms with Crippen molar-refractivity contribution in [1.82, 2.24) is 0 Å². The van der Waals surface area contributed by atoms with Gasteiger partial charge in [0.05, 0.1) is 6.61 Å². The smallest absolute Gasteiger partial charge is 0.333 e. The summed E-state index contributed by atoms with van der Waals surface area (Å²) >= 11 is 0. The summed E-state index contributed by atoms with van der Waals surface area (Å²) in [5, 5.41) is 0. The van der Waals surface area contributed by atoms with E-state index in [4.69, 9.17) is 9.47 Å². The lowest BCUT2D eigenvalue weighted by molar-refractivity contribution is -0.214. The van der Waals surface area contributed by atoms with E-state index in [9.17, 15) is 4.79 Å². The van der Waals surface area contributed by atoms with Crippen LogP contribution in [-0.2, 0) is 14.3 Å². The molecule has 0 amide bonds. The van der Waals surface area contributed by atoms with Gasteiger partial charge in [-0.15, -0.1) is 0 Å². The van der Waals surface area contributed by atoms with Gasteiger partial charge in [-0.3, -0.25) is 0 Å². The van der Waals surface area contributed by atoms with Gasteiger partial charge in [-0.25, -0.2) is 4.79 Å². The van der Waals surface area contributed by atoms with E-state index < -0.39 is 0 Å². The van der Waals surface area contributed by atoms with Crippen molar-refractivity contribution in [2.24, 2.45) is 0 Å². The van der Waals surface area contributed by atoms with E-state index in [1.807, 2.05) is 13.8 Å². The van der Waals surface area contributed by atoms with Gasteiger partial charge in [0.1, 0.15) is 11.7 Å². The van der Waals surface area contributed by atoms with E-state index in [1.165, 1.54) is 0 Å². The number of esters is 1. The molecule has 1 heterocycles. The highest BCUT2D eigenvalue weighted by atomic mass is 16.6. The van der Waals surface area contributed by atoms with Crippen LogP contribution in [0.4, 0.5) is 0 Å². The van der Waals surface area contributed by atoms with E-state index in [0.29, 0.717) is 5.57 Å². The van der Waals surface area contributed by atoms with Crippen LogP contribution < -0.4 is 0 Å². The molecular weight excluding hydrogens is 180 g/mol. The maximum absolute atomic E-state index is 11.3. The Balaban J connectivity index is 2.52. The van der Waals surface area contributed by atoms with Gasteiger partial charge >= 0.3 is 5.97 Å². The zero-order valence-electron chi connectivity index (χ0n) is 9.13. The topological polar surface area (TPSA) is 35.5 Å². The van der Waals surface area contributed by atoms with Crippen molar-refractivity contribution in [2.45, 2.75) is 45.3 Å². The molecule has 0 aliphatic carbocycles. The summed E-state index contributed by atoms with van der Waals surface area (Å²) in [6, 6.07) is 0. The highest BCUT2D eigenvalue weighted by Crippen LogP contribution is 2.35. The summed E-state index contributed by atoms with van der Waals surface area (Å²) in [5.41, 5.74) is 0.188. The number of hydrogen-bond acceptors (Lipinski definition) is 3. The lowest BCUT2D eigenvalue weighted by atomic mass is 9.86. The molecule has 0 radical (unpaired) electrons. The van der Waals surface area contributed by atoms with Crippen LogP contribution in [0.3, 0.4) is 0 Å². The Hall–Kier alpha value is -0.830. The number of ether oxygens (including phenoxy) is 2. The van der Waals surface area contributed by atoms with Gasteiger partial charge in [0.2, 0.25) is 0 Å². The molecule has 14 heavy (non-hydrogen) atoms. The summed E-state index contributed by atoms with van der Waals surface area (Å²) in [6.45, 7) is 9.88. The van der Waals surface area contributed by atoms with Crippen LogP contribution in [0, 0.1) is 0 Å². The molecular formula is C11H18O3. The van der Waals surface area contributed by atoms with Crippen molar-refractivity contribution >= 4 is 5.97 Å². The monoisotopic (exact) mass is 198 g/mol. The Kier molecular flexibility index (Phi) is 3.32. The molecule has 1 saturated heterocycles. The van der Waals surface area contributed by atoms with Gasteiger partial charge in [-0.2, -0.15) is 0 Å². The maximum atomic E-state index is 11.3. The van der Waals surface area contributed by atoms with Crippen molar-refractivity contribution in [2.75, 3.05) is 6.61 Å². The fraction of sp³-hybridized carbons (Fsp3) is 0.727. The quantitative estimate of drug-likeness (QED) is 0.512. The summed E-state index contributed by atoms with van der Waals surface area (Å²) in [7, 11) is 0. The first-order chi connectivity index (χ1) is 6.52. The normalized spacial score (nSPS) is 27.6. The summed E-state index contributed by atoms with van der Waals surface area (Å²) < 4.78 is 10.7. The minimum absolute atomic E-state index is 0.189. The van der Waals surface area contributed by atoms with Gasteiger partial charge in [-0.05, 0) is 20.3 Å². The van der Waals surface area contributed by atoms with Crippen LogP contribution >= 0.6 is 0 Å². The molecule has 0 N–H and O–H groups in total. The molecule has 3 nitrogen and oxygen atoms in total. The van der Waals surface area contributed by atoms with Gasteiger partial charge in [0.25, 0.3) is 0 Å². The molecule has 0 aromatic carbocycles. The van der Waals surface area contributed by atoms with E-state index in [0.717, 1.165) is 19.4 Å². The Morgan fingerprint density at radius 2 is 2.29 bits per heavy atom. The predicted octanol–water partition coefficient (Wildman–Crippen LogP) is 2.06. The maximum Gasteiger partial charge on any atom is 0.333 e. The first-order valence-corrected chi connectivity index (χ1v) is 5.02. The molecule has 0 aromatic rings. The first kappa shape index (κ1) is 11.2. The average Bonchev–Trinajstić information content (AvgIpc) is 2.02. The van der Waals surface area contributed by atoms with Crippen LogP contribution in [0.1, 0.15) is 33.6 Å². The SMILES string of the molecule is C=C(C)C(=O)OC(C)C1(CC)CCO1. The largest absolute Gasteiger partial charge is 0.456 e. The average molecular weight is 198 g/mol. The van der Waals surface area contributed by atoms with Crippen LogP contribution in [0.15, 0.2) is 12.2 Å². The zero-order chi connectivity index (χ0) is 10.8. The van der Waals surface area contributed by atoms with Crippen LogP contribution in [0.2, 0.25) is 0 Å². The fourth-order valence-corrected chi connectivity index (χ4v) is 1.62. The lowest BCUT2D eigenvalue weighted by Crippen LogP contribution is -2.53. The zero-order valence-corrected chi connectivity index (χ0v) is 9.13. The molecule has 3 heteroatoms. The molecule has 1 aliphatic heterocycles. The third kappa shape index (κ3) is 1.98. The van der Waals surface area contributed by atoms with Crippen molar-refractivity contribution in [3.05, 3.63) is 12.2 Å². The molecule has 2 atom stereocenters.